The second kappa shape index (κ2) is 7.75. The minimum absolute atomic E-state index is 0.0952. The number of piperidine rings is 1. The lowest BCUT2D eigenvalue weighted by Gasteiger charge is -2.36. The van der Waals surface area contributed by atoms with Crippen LogP contribution in [0.25, 0.3) is 0 Å². The number of aliphatic hydroxyl groups is 1. The number of aryl methyl sites for hydroxylation is 2. The number of rotatable bonds is 4. The molecule has 2 amide bonds. The van der Waals surface area contributed by atoms with E-state index in [1.54, 1.807) is 27.8 Å². The number of nitrogens with one attached hydrogen (secondary N) is 1. The molecule has 1 fully saturated rings. The van der Waals surface area contributed by atoms with Gasteiger partial charge in [-0.3, -0.25) is 14.3 Å². The molecule has 0 spiro atoms. The number of nitrogens with zero attached hydrogens (tertiary/aromatic N) is 3. The fourth-order valence-electron chi connectivity index (χ4n) is 3.78. The predicted octanol–water partition coefficient (Wildman–Crippen LogP) is 0.392. The Bertz CT molecular complexity index is 941. The van der Waals surface area contributed by atoms with Crippen molar-refractivity contribution in [2.24, 2.45) is 7.05 Å². The molecule has 4 rings (SSSR count). The average molecular weight is 400 g/mol. The van der Waals surface area contributed by atoms with Gasteiger partial charge >= 0.3 is 0 Å². The zero-order valence-electron chi connectivity index (χ0n) is 16.4. The topological polar surface area (TPSA) is 106 Å². The minimum Gasteiger partial charge on any atom is -0.454 e. The van der Waals surface area contributed by atoms with E-state index >= 15 is 0 Å². The molecule has 0 saturated carbocycles. The van der Waals surface area contributed by atoms with Gasteiger partial charge in [-0.2, -0.15) is 5.10 Å². The van der Waals surface area contributed by atoms with E-state index < -0.39 is 6.10 Å². The fraction of sp³-hybridized carbons (Fsp3) is 0.450. The van der Waals surface area contributed by atoms with E-state index in [4.69, 9.17) is 9.47 Å². The summed E-state index contributed by atoms with van der Waals surface area (Å²) in [4.78, 5) is 27.0. The van der Waals surface area contributed by atoms with E-state index in [2.05, 4.69) is 10.4 Å². The molecule has 0 radical (unpaired) electrons. The van der Waals surface area contributed by atoms with Crippen LogP contribution in [0.1, 0.15) is 28.0 Å². The van der Waals surface area contributed by atoms with Crippen LogP contribution in [-0.4, -0.2) is 63.6 Å². The Morgan fingerprint density at radius 2 is 2.07 bits per heavy atom. The molecule has 1 saturated heterocycles. The molecule has 2 aliphatic rings. The number of aliphatic hydroxyl groups excluding tert-OH is 1. The smallest absolute Gasteiger partial charge is 0.251 e. The van der Waals surface area contributed by atoms with Gasteiger partial charge in [0.25, 0.3) is 5.91 Å². The number of benzene rings is 1. The summed E-state index contributed by atoms with van der Waals surface area (Å²) in [7, 11) is 1.81. The number of β-amino-alcohol motifs (C(OH)–C–C–N with tert-alkyl or cyclic N) is 1. The first-order valence-corrected chi connectivity index (χ1v) is 9.54. The third-order valence-electron chi connectivity index (χ3n) is 5.21. The molecule has 9 heteroatoms. The summed E-state index contributed by atoms with van der Waals surface area (Å²) in [6.07, 6.45) is 1.75. The van der Waals surface area contributed by atoms with Crippen molar-refractivity contribution >= 4 is 11.8 Å². The second-order valence-corrected chi connectivity index (χ2v) is 7.52. The van der Waals surface area contributed by atoms with Gasteiger partial charge in [-0.05, 0) is 31.5 Å². The molecule has 29 heavy (non-hydrogen) atoms. The van der Waals surface area contributed by atoms with Crippen molar-refractivity contribution in [1.29, 1.82) is 0 Å². The van der Waals surface area contributed by atoms with Gasteiger partial charge in [0.05, 0.1) is 18.2 Å². The Labute approximate surface area is 168 Å². The number of amides is 2. The first-order chi connectivity index (χ1) is 13.9. The Hall–Kier alpha value is -3.07. The molecule has 2 aliphatic heterocycles. The van der Waals surface area contributed by atoms with Crippen molar-refractivity contribution in [3.63, 3.8) is 0 Å². The molecule has 1 aromatic carbocycles. The van der Waals surface area contributed by atoms with E-state index in [0.29, 0.717) is 30.0 Å². The molecule has 9 nitrogen and oxygen atoms in total. The summed E-state index contributed by atoms with van der Waals surface area (Å²) >= 11 is 0. The first kappa shape index (κ1) is 19.3. The van der Waals surface area contributed by atoms with E-state index in [1.807, 2.05) is 20.2 Å². The van der Waals surface area contributed by atoms with E-state index in [1.165, 1.54) is 0 Å². The van der Waals surface area contributed by atoms with Crippen LogP contribution in [0.3, 0.4) is 0 Å². The molecule has 2 atom stereocenters. The number of carbonyl (C=O) groups excluding carboxylic acids is 2. The van der Waals surface area contributed by atoms with Gasteiger partial charge in [-0.25, -0.2) is 0 Å². The molecular weight excluding hydrogens is 376 g/mol. The Balaban J connectivity index is 1.40. The zero-order chi connectivity index (χ0) is 20.5. The van der Waals surface area contributed by atoms with E-state index in [0.717, 1.165) is 11.3 Å². The van der Waals surface area contributed by atoms with Crippen molar-refractivity contribution in [3.05, 3.63) is 41.2 Å². The molecule has 2 N–H and O–H groups in total. The molecule has 0 bridgehead atoms. The van der Waals surface area contributed by atoms with Crippen molar-refractivity contribution in [1.82, 2.24) is 20.0 Å². The maximum Gasteiger partial charge on any atom is 0.251 e. The molecule has 2 aromatic rings. The maximum atomic E-state index is 12.7. The van der Waals surface area contributed by atoms with Crippen LogP contribution >= 0.6 is 0 Å². The number of ether oxygens (including phenoxy) is 2. The number of hydrogen-bond acceptors (Lipinski definition) is 6. The summed E-state index contributed by atoms with van der Waals surface area (Å²) in [5, 5.41) is 17.4. The highest BCUT2D eigenvalue weighted by molar-refractivity contribution is 5.95. The van der Waals surface area contributed by atoms with Crippen LogP contribution in [0, 0.1) is 6.92 Å². The van der Waals surface area contributed by atoms with Crippen LogP contribution in [0.2, 0.25) is 0 Å². The average Bonchev–Trinajstić information content (AvgIpc) is 3.26. The van der Waals surface area contributed by atoms with Gasteiger partial charge in [0.1, 0.15) is 0 Å². The van der Waals surface area contributed by atoms with E-state index in [9.17, 15) is 14.7 Å². The maximum absolute atomic E-state index is 12.7. The summed E-state index contributed by atoms with van der Waals surface area (Å²) in [5.74, 6) is 0.766. The summed E-state index contributed by atoms with van der Waals surface area (Å²) in [6, 6.07) is 4.65. The number of hydrogen-bond donors (Lipinski definition) is 2. The van der Waals surface area contributed by atoms with Crippen molar-refractivity contribution in [2.75, 3.05) is 19.9 Å². The Kier molecular flexibility index (Phi) is 5.14. The second-order valence-electron chi connectivity index (χ2n) is 7.52. The van der Waals surface area contributed by atoms with Crippen molar-refractivity contribution in [3.8, 4) is 11.5 Å². The first-order valence-electron chi connectivity index (χ1n) is 9.54. The number of fused-ring (bicyclic) bond motifs is 1. The highest BCUT2D eigenvalue weighted by Crippen LogP contribution is 2.32. The summed E-state index contributed by atoms with van der Waals surface area (Å²) < 4.78 is 12.2. The largest absolute Gasteiger partial charge is 0.454 e. The van der Waals surface area contributed by atoms with Crippen LogP contribution in [0.15, 0.2) is 24.4 Å². The normalized spacial score (nSPS) is 20.6. The monoisotopic (exact) mass is 400 g/mol. The summed E-state index contributed by atoms with van der Waals surface area (Å²) in [6.45, 7) is 2.62. The summed E-state index contributed by atoms with van der Waals surface area (Å²) in [5.41, 5.74) is 2.11. The number of likely N-dealkylation sites (tertiary alicyclic amines) is 1. The van der Waals surface area contributed by atoms with Gasteiger partial charge in [-0.1, -0.05) is 0 Å². The molecule has 154 valence electrons. The predicted molar refractivity (Wildman–Crippen MR) is 103 cm³/mol. The quantitative estimate of drug-likeness (QED) is 0.769. The lowest BCUT2D eigenvalue weighted by atomic mass is 10.0. The van der Waals surface area contributed by atoms with Crippen LogP contribution in [0.4, 0.5) is 0 Å². The number of aromatic nitrogens is 2. The van der Waals surface area contributed by atoms with E-state index in [-0.39, 0.29) is 37.6 Å². The highest BCUT2D eigenvalue weighted by atomic mass is 16.7. The molecular formula is C20H24N4O5. The lowest BCUT2D eigenvalue weighted by Crippen LogP contribution is -2.54. The Morgan fingerprint density at radius 1 is 1.28 bits per heavy atom. The van der Waals surface area contributed by atoms with Gasteiger partial charge in [0, 0.05) is 43.5 Å². The van der Waals surface area contributed by atoms with Crippen molar-refractivity contribution in [2.45, 2.75) is 31.9 Å². The SMILES string of the molecule is Cc1nn(C)cc1CC(=O)N1C[C@H](O)C[C@H](NC(=O)c2ccc3c(c2)OCO3)C1. The standard InChI is InChI=1S/C20H24N4O5/c1-12-14(8-23(2)22-12)6-19(26)24-9-15(7-16(25)10-24)21-20(27)13-3-4-17-18(5-13)29-11-28-17/h3-5,8,15-16,25H,6-7,9-11H2,1-2H3,(H,21,27)/t15-,16+/m0/s1. The minimum atomic E-state index is -0.690. The third-order valence-corrected chi connectivity index (χ3v) is 5.21. The Morgan fingerprint density at radius 3 is 2.83 bits per heavy atom. The van der Waals surface area contributed by atoms with Gasteiger partial charge < -0.3 is 24.8 Å². The van der Waals surface area contributed by atoms with Crippen LogP contribution in [0.5, 0.6) is 11.5 Å². The fourth-order valence-corrected chi connectivity index (χ4v) is 3.78. The van der Waals surface area contributed by atoms with Crippen LogP contribution < -0.4 is 14.8 Å². The number of carbonyl (C=O) groups is 2. The van der Waals surface area contributed by atoms with Gasteiger partial charge in [-0.15, -0.1) is 0 Å². The zero-order valence-corrected chi connectivity index (χ0v) is 16.4. The van der Waals surface area contributed by atoms with Crippen LogP contribution in [-0.2, 0) is 18.3 Å². The molecule has 1 aromatic heterocycles. The van der Waals surface area contributed by atoms with Crippen molar-refractivity contribution < 1.29 is 24.2 Å². The van der Waals surface area contributed by atoms with Gasteiger partial charge in [0.15, 0.2) is 11.5 Å². The highest BCUT2D eigenvalue weighted by Gasteiger charge is 2.30. The lowest BCUT2D eigenvalue weighted by molar-refractivity contribution is -0.134. The third kappa shape index (κ3) is 4.19. The van der Waals surface area contributed by atoms with Gasteiger partial charge in [0.2, 0.25) is 12.7 Å². The molecule has 0 unspecified atom stereocenters. The molecule has 0 aliphatic carbocycles. The molecule has 3 heterocycles.